The van der Waals surface area contributed by atoms with Crippen LogP contribution in [0, 0.1) is 23.1 Å². The maximum atomic E-state index is 13.8. The number of halogens is 1. The fraction of sp³-hybridized carbons (Fsp3) is 0.346. The van der Waals surface area contributed by atoms with Crippen LogP contribution in [0.3, 0.4) is 0 Å². The summed E-state index contributed by atoms with van der Waals surface area (Å²) < 4.78 is 13.8. The van der Waals surface area contributed by atoms with Crippen molar-refractivity contribution in [2.75, 3.05) is 0 Å². The van der Waals surface area contributed by atoms with Gasteiger partial charge in [0.05, 0.1) is 17.1 Å². The molecule has 31 heavy (non-hydrogen) atoms. The van der Waals surface area contributed by atoms with Crippen LogP contribution in [0.1, 0.15) is 66.4 Å². The van der Waals surface area contributed by atoms with Crippen LogP contribution in [0.25, 0.3) is 10.9 Å². The van der Waals surface area contributed by atoms with E-state index in [-0.39, 0.29) is 17.8 Å². The van der Waals surface area contributed by atoms with Crippen LogP contribution in [0.15, 0.2) is 54.7 Å². The van der Waals surface area contributed by atoms with Crippen LogP contribution in [-0.2, 0) is 0 Å². The fourth-order valence-corrected chi connectivity index (χ4v) is 4.83. The summed E-state index contributed by atoms with van der Waals surface area (Å²) >= 11 is 0. The van der Waals surface area contributed by atoms with Crippen molar-refractivity contribution < 1.29 is 9.18 Å². The molecule has 0 aliphatic heterocycles. The number of carbonyl (C=O) groups is 1. The topological polar surface area (TPSA) is 65.8 Å². The summed E-state index contributed by atoms with van der Waals surface area (Å²) in [4.78, 5) is 17.1. The van der Waals surface area contributed by atoms with E-state index in [0.717, 1.165) is 43.0 Å². The number of fused-ring (bicyclic) bond motifs is 1. The molecular weight excluding hydrogens is 389 g/mol. The third kappa shape index (κ3) is 4.59. The van der Waals surface area contributed by atoms with Crippen LogP contribution in [-0.4, -0.2) is 16.9 Å². The van der Waals surface area contributed by atoms with Crippen molar-refractivity contribution in [1.29, 1.82) is 5.26 Å². The molecule has 158 valence electrons. The third-order valence-corrected chi connectivity index (χ3v) is 6.55. The zero-order chi connectivity index (χ0) is 21.8. The van der Waals surface area contributed by atoms with Crippen molar-refractivity contribution in [2.24, 2.45) is 5.92 Å². The fourth-order valence-electron chi connectivity index (χ4n) is 4.83. The Morgan fingerprint density at radius 2 is 1.90 bits per heavy atom. The van der Waals surface area contributed by atoms with Crippen molar-refractivity contribution in [2.45, 2.75) is 51.0 Å². The van der Waals surface area contributed by atoms with E-state index < -0.39 is 0 Å². The quantitative estimate of drug-likeness (QED) is 0.579. The van der Waals surface area contributed by atoms with Gasteiger partial charge in [0.1, 0.15) is 5.82 Å². The summed E-state index contributed by atoms with van der Waals surface area (Å²) in [5, 5.41) is 13.0. The summed E-state index contributed by atoms with van der Waals surface area (Å²) in [6.45, 7) is 2.11. The lowest BCUT2D eigenvalue weighted by atomic mass is 9.75. The van der Waals surface area contributed by atoms with Gasteiger partial charge in [-0.05, 0) is 98.0 Å². The summed E-state index contributed by atoms with van der Waals surface area (Å²) in [6, 6.07) is 15.7. The van der Waals surface area contributed by atoms with E-state index in [0.29, 0.717) is 23.0 Å². The smallest absolute Gasteiger partial charge is 0.251 e. The molecule has 1 heterocycles. The van der Waals surface area contributed by atoms with Crippen molar-refractivity contribution in [3.8, 4) is 6.07 Å². The molecule has 4 rings (SSSR count). The van der Waals surface area contributed by atoms with E-state index in [1.165, 1.54) is 11.6 Å². The lowest BCUT2D eigenvalue weighted by molar-refractivity contribution is 0.0909. The first-order chi connectivity index (χ1) is 15.1. The molecule has 4 nitrogen and oxygen atoms in total. The molecule has 1 aliphatic carbocycles. The van der Waals surface area contributed by atoms with E-state index in [4.69, 9.17) is 5.26 Å². The highest BCUT2D eigenvalue weighted by Crippen LogP contribution is 2.39. The molecule has 5 heteroatoms. The van der Waals surface area contributed by atoms with Crippen LogP contribution in [0.5, 0.6) is 0 Å². The first kappa shape index (κ1) is 21.0. The molecule has 1 aliphatic rings. The molecule has 1 atom stereocenters. The lowest BCUT2D eigenvalue weighted by Gasteiger charge is -2.34. The molecule has 3 aromatic rings. The van der Waals surface area contributed by atoms with Crippen LogP contribution < -0.4 is 5.32 Å². The van der Waals surface area contributed by atoms with E-state index in [2.05, 4.69) is 23.3 Å². The Labute approximate surface area is 182 Å². The summed E-state index contributed by atoms with van der Waals surface area (Å²) in [7, 11) is 0. The number of hydrogen-bond donors (Lipinski definition) is 1. The van der Waals surface area contributed by atoms with Crippen LogP contribution >= 0.6 is 0 Å². The number of nitrogens with one attached hydrogen (secondary N) is 1. The van der Waals surface area contributed by atoms with Gasteiger partial charge in [-0.15, -0.1) is 0 Å². The summed E-state index contributed by atoms with van der Waals surface area (Å²) in [6.07, 6.45) is 6.77. The van der Waals surface area contributed by atoms with Gasteiger partial charge in [0.2, 0.25) is 0 Å². The Bertz CT molecular complexity index is 1110. The SMILES string of the molecule is CC[C@@H](NC(=O)c1ccc(C#N)cc1)[C@H]1CC[C@@H](c2ccnc3ccc(F)cc32)CC1. The number of amides is 1. The van der Waals surface area contributed by atoms with Gasteiger partial charge >= 0.3 is 0 Å². The number of pyridine rings is 1. The minimum absolute atomic E-state index is 0.0888. The second-order valence-corrected chi connectivity index (χ2v) is 8.35. The molecule has 0 unspecified atom stereocenters. The maximum absolute atomic E-state index is 13.8. The van der Waals surface area contributed by atoms with E-state index in [1.54, 1.807) is 36.4 Å². The summed E-state index contributed by atoms with van der Waals surface area (Å²) in [5.74, 6) is 0.491. The van der Waals surface area contributed by atoms with Gasteiger partial charge in [0.25, 0.3) is 5.91 Å². The van der Waals surface area contributed by atoms with Gasteiger partial charge in [-0.3, -0.25) is 9.78 Å². The highest BCUT2D eigenvalue weighted by molar-refractivity contribution is 5.94. The van der Waals surface area contributed by atoms with Gasteiger partial charge in [-0.1, -0.05) is 6.92 Å². The minimum atomic E-state index is -0.230. The number of hydrogen-bond acceptors (Lipinski definition) is 3. The molecule has 0 spiro atoms. The molecule has 0 radical (unpaired) electrons. The number of carbonyl (C=O) groups excluding carboxylic acids is 1. The zero-order valence-corrected chi connectivity index (χ0v) is 17.6. The molecule has 1 N–H and O–H groups in total. The van der Waals surface area contributed by atoms with Gasteiger partial charge in [-0.25, -0.2) is 4.39 Å². The largest absolute Gasteiger partial charge is 0.349 e. The highest BCUT2D eigenvalue weighted by atomic mass is 19.1. The second kappa shape index (κ2) is 9.26. The first-order valence-electron chi connectivity index (χ1n) is 10.9. The molecular formula is C26H26FN3O. The van der Waals surface area contributed by atoms with E-state index in [1.807, 2.05) is 12.3 Å². The average molecular weight is 416 g/mol. The third-order valence-electron chi connectivity index (χ3n) is 6.55. The van der Waals surface area contributed by atoms with Crippen LogP contribution in [0.4, 0.5) is 4.39 Å². The van der Waals surface area contributed by atoms with Gasteiger partial charge in [0.15, 0.2) is 0 Å². The molecule has 1 amide bonds. The van der Waals surface area contributed by atoms with Crippen molar-refractivity contribution in [3.63, 3.8) is 0 Å². The number of nitrogens with zero attached hydrogens (tertiary/aromatic N) is 2. The molecule has 1 fully saturated rings. The first-order valence-corrected chi connectivity index (χ1v) is 10.9. The Hall–Kier alpha value is -3.26. The van der Waals surface area contributed by atoms with E-state index >= 15 is 0 Å². The monoisotopic (exact) mass is 415 g/mol. The average Bonchev–Trinajstić information content (AvgIpc) is 2.82. The van der Waals surface area contributed by atoms with Gasteiger partial charge in [0, 0.05) is 23.2 Å². The number of nitriles is 1. The number of benzene rings is 2. The Balaban J connectivity index is 1.42. The standard InChI is InChI=1S/C26H26FN3O/c1-2-24(30-26(31)20-5-3-17(16-28)4-6-20)19-9-7-18(8-10-19)22-13-14-29-25-12-11-21(27)15-23(22)25/h3-6,11-15,18-19,24H,2,7-10H2,1H3,(H,30,31)/t18-,19+,24-/m1/s1. The summed E-state index contributed by atoms with van der Waals surface area (Å²) in [5.41, 5.74) is 3.14. The molecule has 0 saturated heterocycles. The molecule has 2 aromatic carbocycles. The van der Waals surface area contributed by atoms with Crippen LogP contribution in [0.2, 0.25) is 0 Å². The molecule has 0 bridgehead atoms. The predicted octanol–water partition coefficient (Wildman–Crippen LogP) is 5.73. The molecule has 1 aromatic heterocycles. The Morgan fingerprint density at radius 3 is 2.58 bits per heavy atom. The van der Waals surface area contributed by atoms with Gasteiger partial charge in [-0.2, -0.15) is 5.26 Å². The highest BCUT2D eigenvalue weighted by Gasteiger charge is 2.29. The van der Waals surface area contributed by atoms with Gasteiger partial charge < -0.3 is 5.32 Å². The number of aromatic nitrogens is 1. The lowest BCUT2D eigenvalue weighted by Crippen LogP contribution is -2.41. The Morgan fingerprint density at radius 1 is 1.16 bits per heavy atom. The van der Waals surface area contributed by atoms with Crippen molar-refractivity contribution in [3.05, 3.63) is 77.2 Å². The second-order valence-electron chi connectivity index (χ2n) is 8.35. The Kier molecular flexibility index (Phi) is 6.27. The van der Waals surface area contributed by atoms with Crippen molar-refractivity contribution >= 4 is 16.8 Å². The maximum Gasteiger partial charge on any atom is 0.251 e. The van der Waals surface area contributed by atoms with E-state index in [9.17, 15) is 9.18 Å². The minimum Gasteiger partial charge on any atom is -0.349 e. The molecule has 1 saturated carbocycles. The number of rotatable bonds is 5. The zero-order valence-electron chi connectivity index (χ0n) is 17.6. The predicted molar refractivity (Wildman–Crippen MR) is 119 cm³/mol. The van der Waals surface area contributed by atoms with Crippen molar-refractivity contribution in [1.82, 2.24) is 10.3 Å². The normalized spacial score (nSPS) is 19.5.